The number of aliphatic hydroxyl groups is 3. The Morgan fingerprint density at radius 3 is 0.818 bits per heavy atom. The van der Waals surface area contributed by atoms with Crippen molar-refractivity contribution < 1.29 is 36.4 Å². The van der Waals surface area contributed by atoms with Crippen LogP contribution in [0.25, 0.3) is 0 Å². The maximum absolute atomic E-state index is 8.19. The topological polar surface area (TPSA) is 77.8 Å². The van der Waals surface area contributed by atoms with Crippen LogP contribution in [0.3, 0.4) is 0 Å². The van der Waals surface area contributed by atoms with Crippen LogP contribution in [-0.2, 0) is 21.0 Å². The van der Waals surface area contributed by atoms with Crippen LogP contribution in [0.2, 0.25) is 0 Å². The van der Waals surface area contributed by atoms with Gasteiger partial charge in [-0.05, 0) is 20.8 Å². The zero-order chi connectivity index (χ0) is 10.1. The fraction of sp³-hybridized carbons (Fsp3) is 1.00. The van der Waals surface area contributed by atoms with Crippen molar-refractivity contribution in [2.75, 3.05) is 19.8 Å². The van der Waals surface area contributed by atoms with E-state index in [4.69, 9.17) is 19.0 Å². The van der Waals surface area contributed by atoms with Gasteiger partial charge in [0, 0.05) is 19.8 Å². The third-order valence-corrected chi connectivity index (χ3v) is 0. The van der Waals surface area contributed by atoms with Crippen molar-refractivity contribution in [1.82, 2.24) is 0 Å². The van der Waals surface area contributed by atoms with Gasteiger partial charge < -0.3 is 15.3 Å². The van der Waals surface area contributed by atoms with Crippen LogP contribution in [0, 0.1) is 0 Å². The van der Waals surface area contributed by atoms with Gasteiger partial charge in [0.15, 0.2) is 0 Å². The van der Waals surface area contributed by atoms with Crippen LogP contribution in [0.5, 0.6) is 0 Å². The van der Waals surface area contributed by atoms with Crippen molar-refractivity contribution in [3.8, 4) is 0 Å². The first-order valence-electron chi connectivity index (χ1n) is 3.25. The van der Waals surface area contributed by atoms with Crippen molar-refractivity contribution in [2.24, 2.45) is 0 Å². The summed E-state index contributed by atoms with van der Waals surface area (Å²) < 4.78 is 8.19. The van der Waals surface area contributed by atoms with E-state index in [2.05, 4.69) is 0 Å². The Balaban J connectivity index is -0.0000000301. The van der Waals surface area contributed by atoms with E-state index in [-0.39, 0.29) is 19.8 Å². The molecule has 0 heterocycles. The van der Waals surface area contributed by atoms with E-state index in [1.807, 2.05) is 0 Å². The van der Waals surface area contributed by atoms with Crippen LogP contribution in [0.15, 0.2) is 0 Å². The summed E-state index contributed by atoms with van der Waals surface area (Å²) in [5.74, 6) is 0. The summed E-state index contributed by atoms with van der Waals surface area (Å²) in [5.41, 5.74) is 0. The predicted molar refractivity (Wildman–Crippen MR) is 39.0 cm³/mol. The van der Waals surface area contributed by atoms with Gasteiger partial charge in [-0.25, -0.2) is 0 Å². The molecule has 0 aromatic carbocycles. The molecule has 0 amide bonds. The van der Waals surface area contributed by atoms with Crippen molar-refractivity contribution >= 4 is 0 Å². The summed E-state index contributed by atoms with van der Waals surface area (Å²) >= 11 is 1.06. The van der Waals surface area contributed by atoms with Crippen LogP contribution >= 0.6 is 0 Å². The molecule has 0 saturated heterocycles. The van der Waals surface area contributed by atoms with Crippen LogP contribution < -0.4 is 0 Å². The molecule has 0 spiro atoms. The Morgan fingerprint density at radius 1 is 0.818 bits per heavy atom. The Labute approximate surface area is 77.5 Å². The third-order valence-electron chi connectivity index (χ3n) is 0. The Morgan fingerprint density at radius 2 is 0.818 bits per heavy atom. The van der Waals surface area contributed by atoms with Gasteiger partial charge in [0.25, 0.3) is 0 Å². The molecule has 4 nitrogen and oxygen atoms in total. The average molecular weight is 205 g/mol. The standard InChI is InChI=1S/3C2H6O.O.V/c3*1-2-3;;/h3*3H,2H2,1H3;;. The number of rotatable bonds is 0. The Bertz CT molecular complexity index is 25.8. The van der Waals surface area contributed by atoms with E-state index < -0.39 is 0 Å². The summed E-state index contributed by atoms with van der Waals surface area (Å²) in [6, 6.07) is 0. The molecule has 3 N–H and O–H groups in total. The van der Waals surface area contributed by atoms with Gasteiger partial charge in [-0.2, -0.15) is 0 Å². The second kappa shape index (κ2) is 82.7. The quantitative estimate of drug-likeness (QED) is 0.515. The second-order valence-electron chi connectivity index (χ2n) is 0.949. The molecule has 0 rings (SSSR count). The maximum atomic E-state index is 8.19. The van der Waals surface area contributed by atoms with Crippen LogP contribution in [0.1, 0.15) is 20.8 Å². The number of hydrogen-bond acceptors (Lipinski definition) is 4. The van der Waals surface area contributed by atoms with E-state index in [0.717, 1.165) is 17.4 Å². The first-order chi connectivity index (χ1) is 5.24. The Hall–Kier alpha value is 0.264. The molecule has 0 unspecified atom stereocenters. The van der Waals surface area contributed by atoms with Gasteiger partial charge in [0.05, 0.1) is 0 Å². The van der Waals surface area contributed by atoms with Gasteiger partial charge >= 0.3 is 21.0 Å². The molecule has 0 aliphatic heterocycles. The van der Waals surface area contributed by atoms with Gasteiger partial charge in [-0.1, -0.05) is 0 Å². The van der Waals surface area contributed by atoms with Crippen molar-refractivity contribution in [2.45, 2.75) is 20.8 Å². The zero-order valence-electron chi connectivity index (χ0n) is 7.32. The molecule has 0 aromatic rings. The molecule has 0 bridgehead atoms. The minimum absolute atomic E-state index is 0.250. The first kappa shape index (κ1) is 22.5. The van der Waals surface area contributed by atoms with Gasteiger partial charge in [0.2, 0.25) is 0 Å². The molecule has 0 aliphatic rings. The molecule has 5 heteroatoms. The molecule has 0 atom stereocenters. The second-order valence-corrected chi connectivity index (χ2v) is 0.949. The SMILES string of the molecule is CCO.CCO.CCO.[O]=[V]. The summed E-state index contributed by atoms with van der Waals surface area (Å²) in [7, 11) is 0. The monoisotopic (exact) mass is 205 g/mol. The Kier molecular flexibility index (Phi) is 169. The number of aliphatic hydroxyl groups excluding tert-OH is 3. The molecule has 0 aromatic heterocycles. The van der Waals surface area contributed by atoms with E-state index >= 15 is 0 Å². The van der Waals surface area contributed by atoms with Crippen LogP contribution in [0.4, 0.5) is 0 Å². The first-order valence-corrected chi connectivity index (χ1v) is 3.82. The molecule has 0 aliphatic carbocycles. The average Bonchev–Trinajstić information content (AvgIpc) is 1.96. The van der Waals surface area contributed by atoms with Crippen molar-refractivity contribution in [3.05, 3.63) is 0 Å². The molecule has 11 heavy (non-hydrogen) atoms. The van der Waals surface area contributed by atoms with E-state index in [0.29, 0.717) is 0 Å². The zero-order valence-corrected chi connectivity index (χ0v) is 8.72. The normalized spacial score (nSPS) is 5.18. The van der Waals surface area contributed by atoms with E-state index in [1.165, 1.54) is 0 Å². The van der Waals surface area contributed by atoms with E-state index in [1.54, 1.807) is 20.8 Å². The summed E-state index contributed by atoms with van der Waals surface area (Å²) in [4.78, 5) is 0. The molecule has 0 fully saturated rings. The molecular weight excluding hydrogens is 187 g/mol. The number of hydrogen-bond donors (Lipinski definition) is 3. The summed E-state index contributed by atoms with van der Waals surface area (Å²) in [6.07, 6.45) is 0. The van der Waals surface area contributed by atoms with Gasteiger partial charge in [-0.15, -0.1) is 0 Å². The third kappa shape index (κ3) is 10000. The molecular formula is C6H18O4V. The van der Waals surface area contributed by atoms with Crippen molar-refractivity contribution in [1.29, 1.82) is 0 Å². The molecule has 0 saturated carbocycles. The van der Waals surface area contributed by atoms with Gasteiger partial charge in [0.1, 0.15) is 0 Å². The van der Waals surface area contributed by atoms with Gasteiger partial charge in [-0.3, -0.25) is 0 Å². The molecule has 0 radical (unpaired) electrons. The predicted octanol–water partition coefficient (Wildman–Crippen LogP) is -0.126. The summed E-state index contributed by atoms with van der Waals surface area (Å²) in [5, 5.41) is 22.7. The van der Waals surface area contributed by atoms with Crippen molar-refractivity contribution in [3.63, 3.8) is 0 Å². The summed E-state index contributed by atoms with van der Waals surface area (Å²) in [6.45, 7) is 5.79. The van der Waals surface area contributed by atoms with E-state index in [9.17, 15) is 0 Å². The molecule has 71 valence electrons. The minimum atomic E-state index is 0.250. The fourth-order valence-electron chi connectivity index (χ4n) is 0. The fourth-order valence-corrected chi connectivity index (χ4v) is 0. The van der Waals surface area contributed by atoms with Crippen LogP contribution in [-0.4, -0.2) is 35.1 Å².